The number of amides is 1. The van der Waals surface area contributed by atoms with E-state index in [4.69, 9.17) is 5.73 Å². The van der Waals surface area contributed by atoms with Crippen molar-refractivity contribution in [2.24, 2.45) is 22.5 Å². The van der Waals surface area contributed by atoms with Gasteiger partial charge >= 0.3 is 0 Å². The highest BCUT2D eigenvalue weighted by Crippen LogP contribution is 2.42. The fourth-order valence-electron chi connectivity index (χ4n) is 2.71. The second-order valence-electron chi connectivity index (χ2n) is 7.10. The van der Waals surface area contributed by atoms with E-state index in [2.05, 4.69) is 39.9 Å². The summed E-state index contributed by atoms with van der Waals surface area (Å²) in [6.07, 6.45) is 3.32. The first-order chi connectivity index (χ1) is 7.68. The molecule has 0 aliphatic heterocycles. The molecule has 0 aromatic rings. The molecule has 0 aromatic heterocycles. The predicted molar refractivity (Wildman–Crippen MR) is 71.6 cm³/mol. The van der Waals surface area contributed by atoms with Gasteiger partial charge in [-0.25, -0.2) is 0 Å². The van der Waals surface area contributed by atoms with Gasteiger partial charge in [0.25, 0.3) is 0 Å². The van der Waals surface area contributed by atoms with E-state index in [1.54, 1.807) is 0 Å². The van der Waals surface area contributed by atoms with Gasteiger partial charge in [-0.3, -0.25) is 4.79 Å². The van der Waals surface area contributed by atoms with Gasteiger partial charge in [-0.1, -0.05) is 41.0 Å². The minimum absolute atomic E-state index is 0.0210. The molecule has 0 bridgehead atoms. The van der Waals surface area contributed by atoms with Crippen LogP contribution in [0.25, 0.3) is 0 Å². The third kappa shape index (κ3) is 3.44. The molecule has 0 aromatic carbocycles. The molecule has 1 amide bonds. The van der Waals surface area contributed by atoms with Crippen molar-refractivity contribution >= 4 is 5.91 Å². The average Bonchev–Trinajstić information content (AvgIpc) is 2.52. The van der Waals surface area contributed by atoms with Gasteiger partial charge in [0.15, 0.2) is 0 Å². The van der Waals surface area contributed by atoms with Gasteiger partial charge in [0.2, 0.25) is 5.91 Å². The summed E-state index contributed by atoms with van der Waals surface area (Å²) >= 11 is 0. The summed E-state index contributed by atoms with van der Waals surface area (Å²) in [5.41, 5.74) is 5.92. The smallest absolute Gasteiger partial charge is 0.223 e. The van der Waals surface area contributed by atoms with Crippen molar-refractivity contribution < 1.29 is 4.79 Å². The molecule has 17 heavy (non-hydrogen) atoms. The van der Waals surface area contributed by atoms with E-state index in [-0.39, 0.29) is 28.7 Å². The quantitative estimate of drug-likeness (QED) is 0.795. The van der Waals surface area contributed by atoms with E-state index in [0.717, 1.165) is 19.3 Å². The maximum Gasteiger partial charge on any atom is 0.223 e. The number of nitrogens with one attached hydrogen (secondary N) is 1. The Morgan fingerprint density at radius 2 is 2.06 bits per heavy atom. The van der Waals surface area contributed by atoms with E-state index in [1.807, 2.05) is 0 Å². The molecule has 0 saturated heterocycles. The molecule has 3 heteroatoms. The Morgan fingerprint density at radius 3 is 2.41 bits per heavy atom. The summed E-state index contributed by atoms with van der Waals surface area (Å²) < 4.78 is 0. The van der Waals surface area contributed by atoms with Crippen LogP contribution in [0.3, 0.4) is 0 Å². The molecule has 0 spiro atoms. The molecule has 1 aliphatic carbocycles. The summed E-state index contributed by atoms with van der Waals surface area (Å²) in [5.74, 6) is 0.344. The van der Waals surface area contributed by atoms with Crippen LogP contribution in [0.15, 0.2) is 0 Å². The van der Waals surface area contributed by atoms with Crippen LogP contribution in [0.2, 0.25) is 0 Å². The number of rotatable bonds is 3. The minimum Gasteiger partial charge on any atom is -0.351 e. The summed E-state index contributed by atoms with van der Waals surface area (Å²) in [6.45, 7) is 11.2. The van der Waals surface area contributed by atoms with Crippen LogP contribution in [0.4, 0.5) is 0 Å². The number of carbonyl (C=O) groups is 1. The van der Waals surface area contributed by atoms with Crippen molar-refractivity contribution in [1.82, 2.24) is 5.32 Å². The first-order valence-corrected chi connectivity index (χ1v) is 6.69. The second-order valence-corrected chi connectivity index (χ2v) is 7.10. The molecule has 100 valence electrons. The number of hydrogen-bond donors (Lipinski definition) is 2. The third-order valence-corrected chi connectivity index (χ3v) is 4.17. The van der Waals surface area contributed by atoms with Crippen LogP contribution < -0.4 is 11.1 Å². The molecule has 0 radical (unpaired) electrons. The lowest BCUT2D eigenvalue weighted by Gasteiger charge is -2.33. The summed E-state index contributed by atoms with van der Waals surface area (Å²) in [5, 5.41) is 3.14. The third-order valence-electron chi connectivity index (χ3n) is 4.17. The van der Waals surface area contributed by atoms with Gasteiger partial charge < -0.3 is 11.1 Å². The largest absolute Gasteiger partial charge is 0.351 e. The van der Waals surface area contributed by atoms with Gasteiger partial charge in [0.1, 0.15) is 0 Å². The van der Waals surface area contributed by atoms with Crippen LogP contribution in [0, 0.1) is 16.7 Å². The Morgan fingerprint density at radius 1 is 1.47 bits per heavy atom. The molecular formula is C14H28N2O. The highest BCUT2D eigenvalue weighted by atomic mass is 16.2. The zero-order valence-electron chi connectivity index (χ0n) is 12.0. The molecule has 1 fully saturated rings. The van der Waals surface area contributed by atoms with Gasteiger partial charge in [-0.15, -0.1) is 0 Å². The lowest BCUT2D eigenvalue weighted by atomic mass is 9.80. The number of carbonyl (C=O) groups excluding carboxylic acids is 1. The van der Waals surface area contributed by atoms with E-state index in [1.165, 1.54) is 0 Å². The molecule has 2 unspecified atom stereocenters. The zero-order chi connectivity index (χ0) is 13.3. The summed E-state index contributed by atoms with van der Waals surface area (Å²) in [6, 6.07) is 0.0615. The maximum absolute atomic E-state index is 12.3. The Bertz CT molecular complexity index is 278. The van der Waals surface area contributed by atoms with E-state index in [0.29, 0.717) is 6.54 Å². The summed E-state index contributed by atoms with van der Waals surface area (Å²) in [7, 11) is 0. The average molecular weight is 240 g/mol. The van der Waals surface area contributed by atoms with Crippen molar-refractivity contribution in [1.29, 1.82) is 0 Å². The van der Waals surface area contributed by atoms with Crippen LogP contribution in [-0.2, 0) is 4.79 Å². The molecule has 1 aliphatic rings. The lowest BCUT2D eigenvalue weighted by molar-refractivity contribution is -0.129. The lowest BCUT2D eigenvalue weighted by Crippen LogP contribution is -2.51. The fraction of sp³-hybridized carbons (Fsp3) is 0.929. The van der Waals surface area contributed by atoms with Crippen LogP contribution in [-0.4, -0.2) is 18.5 Å². The monoisotopic (exact) mass is 240 g/mol. The minimum atomic E-state index is 0.0210. The maximum atomic E-state index is 12.3. The van der Waals surface area contributed by atoms with Gasteiger partial charge in [0, 0.05) is 18.5 Å². The first-order valence-electron chi connectivity index (χ1n) is 6.69. The number of nitrogens with two attached hydrogens (primary N) is 1. The predicted octanol–water partition coefficient (Wildman–Crippen LogP) is 2.30. The van der Waals surface area contributed by atoms with Crippen molar-refractivity contribution in [3.63, 3.8) is 0 Å². The van der Waals surface area contributed by atoms with E-state index >= 15 is 0 Å². The molecule has 3 nitrogen and oxygen atoms in total. The Hall–Kier alpha value is -0.570. The van der Waals surface area contributed by atoms with Gasteiger partial charge in [-0.2, -0.15) is 0 Å². The Balaban J connectivity index is 2.66. The topological polar surface area (TPSA) is 55.1 Å². The van der Waals surface area contributed by atoms with Crippen molar-refractivity contribution in [2.75, 3.05) is 6.54 Å². The van der Waals surface area contributed by atoms with Crippen molar-refractivity contribution in [3.8, 4) is 0 Å². The highest BCUT2D eigenvalue weighted by molar-refractivity contribution is 5.80. The molecule has 1 saturated carbocycles. The second kappa shape index (κ2) is 4.97. The SMILES string of the molecule is CC(C)(C)C(CN)NC(=O)C1CCCC1(C)C. The van der Waals surface area contributed by atoms with Crippen molar-refractivity contribution in [2.45, 2.75) is 59.9 Å². The van der Waals surface area contributed by atoms with Crippen molar-refractivity contribution in [3.05, 3.63) is 0 Å². The Kier molecular flexibility index (Phi) is 4.23. The standard InChI is InChI=1S/C14H28N2O/c1-13(2,3)11(9-15)16-12(17)10-7-6-8-14(10,4)5/h10-11H,6-9,15H2,1-5H3,(H,16,17). The molecule has 1 rings (SSSR count). The van der Waals surface area contributed by atoms with E-state index in [9.17, 15) is 4.79 Å². The first kappa shape index (κ1) is 14.5. The van der Waals surface area contributed by atoms with Gasteiger partial charge in [0.05, 0.1) is 0 Å². The van der Waals surface area contributed by atoms with Crippen LogP contribution in [0.1, 0.15) is 53.9 Å². The van der Waals surface area contributed by atoms with Crippen LogP contribution >= 0.6 is 0 Å². The van der Waals surface area contributed by atoms with E-state index < -0.39 is 0 Å². The normalized spacial score (nSPS) is 25.6. The highest BCUT2D eigenvalue weighted by Gasteiger charge is 2.40. The molecular weight excluding hydrogens is 212 g/mol. The fourth-order valence-corrected chi connectivity index (χ4v) is 2.71. The summed E-state index contributed by atoms with van der Waals surface area (Å²) in [4.78, 5) is 12.3. The van der Waals surface area contributed by atoms with Gasteiger partial charge in [-0.05, 0) is 23.7 Å². The Labute approximate surface area is 106 Å². The number of hydrogen-bond acceptors (Lipinski definition) is 2. The zero-order valence-corrected chi connectivity index (χ0v) is 12.0. The molecule has 0 heterocycles. The van der Waals surface area contributed by atoms with Crippen LogP contribution in [0.5, 0.6) is 0 Å². The molecule has 2 atom stereocenters. The molecule has 3 N–H and O–H groups in total.